The van der Waals surface area contributed by atoms with Gasteiger partial charge in [0.05, 0.1) is 0 Å². The summed E-state index contributed by atoms with van der Waals surface area (Å²) in [6, 6.07) is 6.31. The lowest BCUT2D eigenvalue weighted by molar-refractivity contribution is 0.0938. The van der Waals surface area contributed by atoms with E-state index in [0.29, 0.717) is 0 Å². The third-order valence-corrected chi connectivity index (χ3v) is 3.74. The van der Waals surface area contributed by atoms with E-state index < -0.39 is 0 Å². The number of rotatable bonds is 4. The van der Waals surface area contributed by atoms with Crippen molar-refractivity contribution in [3.8, 4) is 0 Å². The molecular weight excluding hydrogens is 236 g/mol. The molecule has 1 saturated heterocycles. The second-order valence-corrected chi connectivity index (χ2v) is 5.45. The summed E-state index contributed by atoms with van der Waals surface area (Å²) in [4.78, 5) is 14.6. The first-order chi connectivity index (χ1) is 9.13. The molecule has 1 aromatic rings. The van der Waals surface area contributed by atoms with Gasteiger partial charge in [-0.2, -0.15) is 0 Å². The van der Waals surface area contributed by atoms with Crippen molar-refractivity contribution >= 4 is 11.5 Å². The lowest BCUT2D eigenvalue weighted by atomic mass is 9.94. The monoisotopic (exact) mass is 260 g/mol. The molecule has 0 unspecified atom stereocenters. The van der Waals surface area contributed by atoms with Gasteiger partial charge < -0.3 is 10.2 Å². The van der Waals surface area contributed by atoms with Gasteiger partial charge in [-0.3, -0.25) is 4.79 Å². The van der Waals surface area contributed by atoms with Crippen LogP contribution in [0, 0.1) is 5.92 Å². The van der Waals surface area contributed by atoms with Crippen LogP contribution in [-0.4, -0.2) is 32.0 Å². The summed E-state index contributed by atoms with van der Waals surface area (Å²) in [5.41, 5.74) is 3.32. The Hall–Kier alpha value is -1.35. The SMILES string of the molecule is CCc1cc(N2CCNCC2)ccc1C(=O)C(C)C. The van der Waals surface area contributed by atoms with Gasteiger partial charge >= 0.3 is 0 Å². The Morgan fingerprint density at radius 3 is 2.58 bits per heavy atom. The van der Waals surface area contributed by atoms with Crippen molar-refractivity contribution in [3.05, 3.63) is 29.3 Å². The van der Waals surface area contributed by atoms with Gasteiger partial charge in [0.25, 0.3) is 0 Å². The molecule has 0 bridgehead atoms. The Labute approximate surface area is 116 Å². The molecule has 19 heavy (non-hydrogen) atoms. The minimum Gasteiger partial charge on any atom is -0.369 e. The van der Waals surface area contributed by atoms with Crippen LogP contribution >= 0.6 is 0 Å². The fourth-order valence-corrected chi connectivity index (χ4v) is 2.54. The van der Waals surface area contributed by atoms with E-state index >= 15 is 0 Å². The number of nitrogens with zero attached hydrogens (tertiary/aromatic N) is 1. The second-order valence-electron chi connectivity index (χ2n) is 5.45. The first-order valence-electron chi connectivity index (χ1n) is 7.26. The highest BCUT2D eigenvalue weighted by molar-refractivity contribution is 5.99. The first-order valence-corrected chi connectivity index (χ1v) is 7.26. The van der Waals surface area contributed by atoms with Crippen LogP contribution in [0.3, 0.4) is 0 Å². The number of ketones is 1. The topological polar surface area (TPSA) is 32.3 Å². The summed E-state index contributed by atoms with van der Waals surface area (Å²) >= 11 is 0. The minimum absolute atomic E-state index is 0.0651. The largest absolute Gasteiger partial charge is 0.369 e. The van der Waals surface area contributed by atoms with Crippen molar-refractivity contribution in [3.63, 3.8) is 0 Å². The fraction of sp³-hybridized carbons (Fsp3) is 0.562. The molecule has 2 rings (SSSR count). The van der Waals surface area contributed by atoms with E-state index in [9.17, 15) is 4.79 Å². The number of hydrogen-bond donors (Lipinski definition) is 1. The van der Waals surface area contributed by atoms with Gasteiger partial charge in [0.1, 0.15) is 0 Å². The summed E-state index contributed by atoms with van der Waals surface area (Å²) in [5, 5.41) is 3.36. The molecule has 1 aromatic carbocycles. The molecule has 1 aliphatic rings. The number of nitrogens with one attached hydrogen (secondary N) is 1. The molecule has 1 aliphatic heterocycles. The maximum Gasteiger partial charge on any atom is 0.165 e. The number of carbonyl (C=O) groups is 1. The molecule has 0 spiro atoms. The lowest BCUT2D eigenvalue weighted by Gasteiger charge is -2.30. The molecule has 1 fully saturated rings. The first kappa shape index (κ1) is 14.1. The quantitative estimate of drug-likeness (QED) is 0.844. The normalized spacial score (nSPS) is 15.9. The highest BCUT2D eigenvalue weighted by atomic mass is 16.1. The lowest BCUT2D eigenvalue weighted by Crippen LogP contribution is -2.43. The van der Waals surface area contributed by atoms with Gasteiger partial charge in [-0.15, -0.1) is 0 Å². The van der Waals surface area contributed by atoms with Crippen molar-refractivity contribution in [2.24, 2.45) is 5.92 Å². The van der Waals surface area contributed by atoms with E-state index in [-0.39, 0.29) is 11.7 Å². The van der Waals surface area contributed by atoms with Gasteiger partial charge in [0.15, 0.2) is 5.78 Å². The Morgan fingerprint density at radius 2 is 2.00 bits per heavy atom. The molecule has 0 atom stereocenters. The van der Waals surface area contributed by atoms with Crippen LogP contribution in [0.4, 0.5) is 5.69 Å². The number of hydrogen-bond acceptors (Lipinski definition) is 3. The van der Waals surface area contributed by atoms with Crippen LogP contribution in [-0.2, 0) is 6.42 Å². The Kier molecular flexibility index (Phi) is 4.59. The Balaban J connectivity index is 2.27. The number of carbonyl (C=O) groups excluding carboxylic acids is 1. The van der Waals surface area contributed by atoms with Crippen LogP contribution in [0.15, 0.2) is 18.2 Å². The molecule has 3 nitrogen and oxygen atoms in total. The molecule has 0 amide bonds. The highest BCUT2D eigenvalue weighted by Gasteiger charge is 2.16. The van der Waals surface area contributed by atoms with E-state index in [4.69, 9.17) is 0 Å². The van der Waals surface area contributed by atoms with Crippen LogP contribution < -0.4 is 10.2 Å². The predicted molar refractivity (Wildman–Crippen MR) is 80.1 cm³/mol. The van der Waals surface area contributed by atoms with E-state index in [2.05, 4.69) is 29.3 Å². The second kappa shape index (κ2) is 6.20. The van der Waals surface area contributed by atoms with Gasteiger partial charge in [0.2, 0.25) is 0 Å². The summed E-state index contributed by atoms with van der Waals surface area (Å²) in [6.07, 6.45) is 0.910. The molecule has 1 heterocycles. The molecule has 0 aliphatic carbocycles. The van der Waals surface area contributed by atoms with Gasteiger partial charge in [-0.25, -0.2) is 0 Å². The summed E-state index contributed by atoms with van der Waals surface area (Å²) in [5.74, 6) is 0.319. The van der Waals surface area contributed by atoms with Crippen molar-refractivity contribution in [1.29, 1.82) is 0 Å². The van der Waals surface area contributed by atoms with Crippen LogP contribution in [0.25, 0.3) is 0 Å². The van der Waals surface area contributed by atoms with Crippen LogP contribution in [0.1, 0.15) is 36.7 Å². The molecule has 1 N–H and O–H groups in total. The molecule has 104 valence electrons. The Morgan fingerprint density at radius 1 is 1.32 bits per heavy atom. The van der Waals surface area contributed by atoms with E-state index in [1.165, 1.54) is 11.3 Å². The van der Waals surface area contributed by atoms with Crippen molar-refractivity contribution < 1.29 is 4.79 Å². The zero-order valence-corrected chi connectivity index (χ0v) is 12.2. The maximum absolute atomic E-state index is 12.2. The van der Waals surface area contributed by atoms with E-state index in [0.717, 1.165) is 38.2 Å². The third-order valence-electron chi connectivity index (χ3n) is 3.74. The summed E-state index contributed by atoms with van der Waals surface area (Å²) < 4.78 is 0. The highest BCUT2D eigenvalue weighted by Crippen LogP contribution is 2.22. The smallest absolute Gasteiger partial charge is 0.165 e. The third kappa shape index (κ3) is 3.16. The fourth-order valence-electron chi connectivity index (χ4n) is 2.54. The number of aryl methyl sites for hydroxylation is 1. The Bertz CT molecular complexity index is 448. The molecule has 3 heteroatoms. The minimum atomic E-state index is 0.0651. The van der Waals surface area contributed by atoms with Crippen molar-refractivity contribution in [1.82, 2.24) is 5.32 Å². The zero-order valence-electron chi connectivity index (χ0n) is 12.2. The van der Waals surface area contributed by atoms with Gasteiger partial charge in [0, 0.05) is 43.3 Å². The predicted octanol–water partition coefficient (Wildman–Crippen LogP) is 2.50. The molecular formula is C16H24N2O. The van der Waals surface area contributed by atoms with E-state index in [1.807, 2.05) is 19.9 Å². The molecule has 0 saturated carbocycles. The van der Waals surface area contributed by atoms with E-state index in [1.54, 1.807) is 0 Å². The standard InChI is InChI=1S/C16H24N2O/c1-4-13-11-14(18-9-7-17-8-10-18)5-6-15(13)16(19)12(2)3/h5-6,11-12,17H,4,7-10H2,1-3H3. The number of piperazine rings is 1. The molecule has 0 aromatic heterocycles. The number of Topliss-reactive ketones (excluding diaryl/α,β-unsaturated/α-hetero) is 1. The van der Waals surface area contributed by atoms with Crippen LogP contribution in [0.5, 0.6) is 0 Å². The average molecular weight is 260 g/mol. The molecule has 0 radical (unpaired) electrons. The number of anilines is 1. The van der Waals surface area contributed by atoms with Crippen molar-refractivity contribution in [2.45, 2.75) is 27.2 Å². The number of benzene rings is 1. The van der Waals surface area contributed by atoms with Gasteiger partial charge in [-0.1, -0.05) is 20.8 Å². The average Bonchev–Trinajstić information content (AvgIpc) is 2.46. The van der Waals surface area contributed by atoms with Crippen LogP contribution in [0.2, 0.25) is 0 Å². The summed E-state index contributed by atoms with van der Waals surface area (Å²) in [6.45, 7) is 10.2. The van der Waals surface area contributed by atoms with Crippen molar-refractivity contribution in [2.75, 3.05) is 31.1 Å². The summed E-state index contributed by atoms with van der Waals surface area (Å²) in [7, 11) is 0. The maximum atomic E-state index is 12.2. The zero-order chi connectivity index (χ0) is 13.8. The van der Waals surface area contributed by atoms with Gasteiger partial charge in [-0.05, 0) is 30.2 Å².